The van der Waals surface area contributed by atoms with Crippen molar-refractivity contribution in [2.45, 2.75) is 6.18 Å². The highest BCUT2D eigenvalue weighted by Gasteiger charge is 2.41. The van der Waals surface area contributed by atoms with Crippen molar-refractivity contribution in [3.8, 4) is 0 Å². The number of halogens is 4. The van der Waals surface area contributed by atoms with E-state index in [1.54, 1.807) is 0 Å². The first-order valence-electron chi connectivity index (χ1n) is 4.82. The molecular weight excluding hydrogens is 254 g/mol. The number of fused-ring (bicyclic) bond motifs is 1. The quantitative estimate of drug-likeness (QED) is 0.802. The van der Waals surface area contributed by atoms with Crippen LogP contribution in [0.3, 0.4) is 0 Å². The van der Waals surface area contributed by atoms with Crippen LogP contribution in [0.5, 0.6) is 0 Å². The lowest BCUT2D eigenvalue weighted by Crippen LogP contribution is -2.15. The third-order valence-corrected chi connectivity index (χ3v) is 2.65. The molecule has 0 spiro atoms. The number of hydrogen-bond donors (Lipinski definition) is 1. The first-order chi connectivity index (χ1) is 8.25. The Morgan fingerprint density at radius 3 is 2.44 bits per heavy atom. The summed E-state index contributed by atoms with van der Waals surface area (Å²) in [6.45, 7) is 0. The Balaban J connectivity index is 3.02. The van der Waals surface area contributed by atoms with E-state index in [9.17, 15) is 22.4 Å². The molecule has 1 heterocycles. The van der Waals surface area contributed by atoms with E-state index >= 15 is 0 Å². The molecule has 2 rings (SSSR count). The van der Waals surface area contributed by atoms with Gasteiger partial charge in [-0.25, -0.2) is 9.18 Å². The lowest BCUT2D eigenvalue weighted by Gasteiger charge is -2.09. The molecule has 7 heteroatoms. The van der Waals surface area contributed by atoms with Crippen LogP contribution < -0.4 is 0 Å². The molecule has 0 fully saturated rings. The summed E-state index contributed by atoms with van der Waals surface area (Å²) in [7, 11) is 0.987. The van der Waals surface area contributed by atoms with Crippen LogP contribution in [0.1, 0.15) is 16.1 Å². The average Bonchev–Trinajstić information content (AvgIpc) is 2.52. The summed E-state index contributed by atoms with van der Waals surface area (Å²) in [6, 6.07) is 3.30. The molecule has 0 aliphatic heterocycles. The molecule has 0 saturated heterocycles. The van der Waals surface area contributed by atoms with Crippen molar-refractivity contribution in [1.29, 1.82) is 0 Å². The molecule has 1 aromatic carbocycles. The summed E-state index contributed by atoms with van der Waals surface area (Å²) >= 11 is 0. The number of hydrogen-bond acceptors (Lipinski definition) is 1. The fourth-order valence-corrected chi connectivity index (χ4v) is 2.01. The molecule has 1 aromatic heterocycles. The molecule has 0 radical (unpaired) electrons. The minimum atomic E-state index is -4.87. The molecule has 0 unspecified atom stereocenters. The second kappa shape index (κ2) is 3.72. The van der Waals surface area contributed by atoms with Crippen LogP contribution in [0.4, 0.5) is 17.6 Å². The van der Waals surface area contributed by atoms with Gasteiger partial charge >= 0.3 is 12.1 Å². The number of aromatic nitrogens is 1. The van der Waals surface area contributed by atoms with E-state index in [1.165, 1.54) is 6.07 Å². The van der Waals surface area contributed by atoms with Gasteiger partial charge in [0.1, 0.15) is 11.5 Å². The summed E-state index contributed by atoms with van der Waals surface area (Å²) < 4.78 is 52.5. The molecule has 1 N–H and O–H groups in total. The van der Waals surface area contributed by atoms with Crippen LogP contribution in [0.15, 0.2) is 18.2 Å². The topological polar surface area (TPSA) is 42.2 Å². The number of benzene rings is 1. The van der Waals surface area contributed by atoms with Gasteiger partial charge in [-0.05, 0) is 6.07 Å². The Labute approximate surface area is 98.2 Å². The third kappa shape index (κ3) is 1.62. The Morgan fingerprint density at radius 1 is 1.33 bits per heavy atom. The molecule has 0 aliphatic rings. The smallest absolute Gasteiger partial charge is 0.432 e. The fourth-order valence-electron chi connectivity index (χ4n) is 2.01. The van der Waals surface area contributed by atoms with Gasteiger partial charge in [0.2, 0.25) is 0 Å². The number of carbonyl (C=O) groups is 1. The highest BCUT2D eigenvalue weighted by Crippen LogP contribution is 2.38. The largest absolute Gasteiger partial charge is 0.478 e. The van der Waals surface area contributed by atoms with Crippen LogP contribution in [0.25, 0.3) is 10.9 Å². The van der Waals surface area contributed by atoms with E-state index in [2.05, 4.69) is 0 Å². The zero-order valence-electron chi connectivity index (χ0n) is 9.05. The van der Waals surface area contributed by atoms with Gasteiger partial charge in [-0.1, -0.05) is 12.1 Å². The molecule has 3 nitrogen and oxygen atoms in total. The molecule has 0 aliphatic carbocycles. The average molecular weight is 261 g/mol. The van der Waals surface area contributed by atoms with Gasteiger partial charge in [-0.2, -0.15) is 13.2 Å². The Bertz CT molecular complexity index is 643. The summed E-state index contributed by atoms with van der Waals surface area (Å²) in [4.78, 5) is 11.0. The molecular formula is C11H7F4NO2. The molecule has 0 bridgehead atoms. The van der Waals surface area contributed by atoms with E-state index < -0.39 is 29.2 Å². The molecule has 96 valence electrons. The third-order valence-electron chi connectivity index (χ3n) is 2.65. The van der Waals surface area contributed by atoms with Gasteiger partial charge in [0.15, 0.2) is 0 Å². The van der Waals surface area contributed by atoms with E-state index in [0.717, 1.165) is 19.2 Å². The molecule has 0 atom stereocenters. The van der Waals surface area contributed by atoms with Crippen LogP contribution in [0, 0.1) is 5.82 Å². The van der Waals surface area contributed by atoms with Crippen molar-refractivity contribution in [3.63, 3.8) is 0 Å². The van der Waals surface area contributed by atoms with Crippen LogP contribution in [0.2, 0.25) is 0 Å². The summed E-state index contributed by atoms with van der Waals surface area (Å²) in [6.07, 6.45) is -4.87. The Morgan fingerprint density at radius 2 is 1.94 bits per heavy atom. The van der Waals surface area contributed by atoms with Crippen molar-refractivity contribution < 1.29 is 27.5 Å². The van der Waals surface area contributed by atoms with Gasteiger partial charge in [-0.3, -0.25) is 0 Å². The second-order valence-electron chi connectivity index (χ2n) is 3.72. The normalized spacial score (nSPS) is 12.1. The summed E-state index contributed by atoms with van der Waals surface area (Å²) in [5, 5.41) is 8.63. The van der Waals surface area contributed by atoms with Gasteiger partial charge in [0.05, 0.1) is 11.1 Å². The van der Waals surface area contributed by atoms with Crippen LogP contribution >= 0.6 is 0 Å². The molecule has 0 saturated carbocycles. The first kappa shape index (κ1) is 12.4. The minimum absolute atomic E-state index is 0.266. The monoisotopic (exact) mass is 261 g/mol. The van der Waals surface area contributed by atoms with Crippen molar-refractivity contribution >= 4 is 16.9 Å². The fraction of sp³-hybridized carbons (Fsp3) is 0.182. The molecule has 0 amide bonds. The molecule has 18 heavy (non-hydrogen) atoms. The zero-order chi connectivity index (χ0) is 13.7. The number of alkyl halides is 3. The van der Waals surface area contributed by atoms with E-state index in [4.69, 9.17) is 5.11 Å². The van der Waals surface area contributed by atoms with E-state index in [-0.39, 0.29) is 10.9 Å². The maximum atomic E-state index is 13.5. The maximum Gasteiger partial charge on any atom is 0.432 e. The predicted molar refractivity (Wildman–Crippen MR) is 54.8 cm³/mol. The van der Waals surface area contributed by atoms with Crippen molar-refractivity contribution in [2.75, 3.05) is 0 Å². The Kier molecular flexibility index (Phi) is 2.57. The van der Waals surface area contributed by atoms with Gasteiger partial charge < -0.3 is 9.67 Å². The number of nitrogens with zero attached hydrogens (tertiary/aromatic N) is 1. The predicted octanol–water partition coefficient (Wildman–Crippen LogP) is 3.03. The van der Waals surface area contributed by atoms with Gasteiger partial charge in [0.25, 0.3) is 0 Å². The maximum absolute atomic E-state index is 13.5. The Hall–Kier alpha value is -2.05. The van der Waals surface area contributed by atoms with Crippen molar-refractivity contribution in [1.82, 2.24) is 4.57 Å². The highest BCUT2D eigenvalue weighted by atomic mass is 19.4. The zero-order valence-corrected chi connectivity index (χ0v) is 9.05. The lowest BCUT2D eigenvalue weighted by molar-refractivity contribution is -0.143. The molecule has 2 aromatic rings. The number of rotatable bonds is 1. The number of carboxylic acids is 1. The second-order valence-corrected chi connectivity index (χ2v) is 3.72. The van der Waals surface area contributed by atoms with E-state index in [1.807, 2.05) is 0 Å². The first-order valence-corrected chi connectivity index (χ1v) is 4.82. The standard InChI is InChI=1S/C11H7F4NO2/c1-16-8-5(3-2-4-6(8)12)7(10(17)18)9(16)11(13,14)15/h2-4H,1H3,(H,17,18). The minimum Gasteiger partial charge on any atom is -0.478 e. The number of para-hydroxylation sites is 1. The van der Waals surface area contributed by atoms with Gasteiger partial charge in [0, 0.05) is 12.4 Å². The van der Waals surface area contributed by atoms with Gasteiger partial charge in [-0.15, -0.1) is 0 Å². The number of aryl methyl sites for hydroxylation is 1. The highest BCUT2D eigenvalue weighted by molar-refractivity contribution is 6.05. The number of aromatic carboxylic acids is 1. The summed E-state index contributed by atoms with van der Waals surface area (Å²) in [5.41, 5.74) is -2.67. The van der Waals surface area contributed by atoms with Crippen LogP contribution in [-0.4, -0.2) is 15.6 Å². The van der Waals surface area contributed by atoms with Crippen molar-refractivity contribution in [2.24, 2.45) is 7.05 Å². The van der Waals surface area contributed by atoms with Crippen molar-refractivity contribution in [3.05, 3.63) is 35.3 Å². The number of carboxylic acid groups (broad SMARTS) is 1. The SMILES string of the molecule is Cn1c(C(F)(F)F)c(C(=O)O)c2cccc(F)c21. The lowest BCUT2D eigenvalue weighted by atomic mass is 10.1. The van der Waals surface area contributed by atoms with Crippen LogP contribution in [-0.2, 0) is 13.2 Å². The summed E-state index contributed by atoms with van der Waals surface area (Å²) in [5.74, 6) is -2.63. The van der Waals surface area contributed by atoms with E-state index in [0.29, 0.717) is 4.57 Å².